The highest BCUT2D eigenvalue weighted by molar-refractivity contribution is 5.76. The van der Waals surface area contributed by atoms with Gasteiger partial charge in [-0.25, -0.2) is 0 Å². The van der Waals surface area contributed by atoms with Gasteiger partial charge in [0.2, 0.25) is 5.91 Å². The van der Waals surface area contributed by atoms with Crippen LogP contribution in [-0.4, -0.2) is 140 Å². The Morgan fingerprint density at radius 3 is 1.51 bits per heavy atom. The number of hydrogen-bond donors (Lipinski definition) is 9. The van der Waals surface area contributed by atoms with Gasteiger partial charge < -0.3 is 65.1 Å². The summed E-state index contributed by atoms with van der Waals surface area (Å²) in [6.07, 6.45) is 34.3. The summed E-state index contributed by atoms with van der Waals surface area (Å²) < 4.78 is 22.7. The molecule has 408 valence electrons. The lowest BCUT2D eigenvalue weighted by Crippen LogP contribution is -2.65. The molecule has 0 aliphatic carbocycles. The Hall–Kier alpha value is -2.05. The third-order valence-electron chi connectivity index (χ3n) is 13.5. The molecule has 14 heteroatoms. The molecular formula is C56H101NO13. The van der Waals surface area contributed by atoms with Crippen molar-refractivity contribution in [2.45, 2.75) is 280 Å². The van der Waals surface area contributed by atoms with Crippen LogP contribution in [0.25, 0.3) is 0 Å². The minimum Gasteiger partial charge on any atom is -0.394 e. The molecule has 70 heavy (non-hydrogen) atoms. The molecule has 0 radical (unpaired) electrons. The lowest BCUT2D eigenvalue weighted by Gasteiger charge is -2.46. The first-order valence-electron chi connectivity index (χ1n) is 27.9. The largest absolute Gasteiger partial charge is 0.394 e. The van der Waals surface area contributed by atoms with Gasteiger partial charge in [-0.1, -0.05) is 197 Å². The minimum absolute atomic E-state index is 0.257. The van der Waals surface area contributed by atoms with Gasteiger partial charge in [-0.3, -0.25) is 4.79 Å². The normalized spacial score (nSPS) is 26.3. The Kier molecular flexibility index (Phi) is 38.7. The number of carbonyl (C=O) groups excluding carboxylic acids is 1. The first-order chi connectivity index (χ1) is 34.1. The average Bonchev–Trinajstić information content (AvgIpc) is 3.36. The molecule has 1 amide bonds. The summed E-state index contributed by atoms with van der Waals surface area (Å²) in [5, 5.41) is 86.9. The molecule has 2 saturated heterocycles. The maximum Gasteiger partial charge on any atom is 0.220 e. The van der Waals surface area contributed by atoms with E-state index in [2.05, 4.69) is 55.6 Å². The zero-order valence-corrected chi connectivity index (χ0v) is 43.5. The number of carbonyl (C=O) groups is 1. The van der Waals surface area contributed by atoms with Gasteiger partial charge in [0.15, 0.2) is 12.6 Å². The van der Waals surface area contributed by atoms with Crippen molar-refractivity contribution in [1.82, 2.24) is 5.32 Å². The molecule has 0 saturated carbocycles. The van der Waals surface area contributed by atoms with Gasteiger partial charge in [-0.05, 0) is 51.4 Å². The quantitative estimate of drug-likeness (QED) is 0.0207. The number of ether oxygens (including phenoxy) is 4. The minimum atomic E-state index is -1.79. The van der Waals surface area contributed by atoms with E-state index in [-0.39, 0.29) is 18.9 Å². The molecule has 12 unspecified atom stereocenters. The third kappa shape index (κ3) is 28.4. The molecule has 0 aromatic rings. The molecule has 2 aliphatic rings. The van der Waals surface area contributed by atoms with E-state index >= 15 is 0 Å². The van der Waals surface area contributed by atoms with E-state index in [4.69, 9.17) is 18.9 Å². The van der Waals surface area contributed by atoms with Gasteiger partial charge in [0.25, 0.3) is 0 Å². The van der Waals surface area contributed by atoms with Crippen molar-refractivity contribution in [2.24, 2.45) is 0 Å². The van der Waals surface area contributed by atoms with Gasteiger partial charge in [0, 0.05) is 6.42 Å². The van der Waals surface area contributed by atoms with Gasteiger partial charge >= 0.3 is 0 Å². The smallest absolute Gasteiger partial charge is 0.220 e. The van der Waals surface area contributed by atoms with Gasteiger partial charge in [-0.15, -0.1) is 0 Å². The number of amides is 1. The Labute approximate surface area is 423 Å². The number of hydrogen-bond acceptors (Lipinski definition) is 13. The molecule has 2 rings (SSSR count). The Bertz CT molecular complexity index is 1360. The Morgan fingerprint density at radius 1 is 0.529 bits per heavy atom. The molecule has 0 spiro atoms. The van der Waals surface area contributed by atoms with E-state index in [9.17, 15) is 45.6 Å². The predicted molar refractivity (Wildman–Crippen MR) is 277 cm³/mol. The molecule has 0 aromatic carbocycles. The van der Waals surface area contributed by atoms with Crippen molar-refractivity contribution >= 4 is 5.91 Å². The van der Waals surface area contributed by atoms with Crippen LogP contribution in [0.1, 0.15) is 206 Å². The van der Waals surface area contributed by atoms with Crippen LogP contribution in [0.5, 0.6) is 0 Å². The molecule has 2 aliphatic heterocycles. The predicted octanol–water partition coefficient (Wildman–Crippen LogP) is 8.44. The second-order valence-electron chi connectivity index (χ2n) is 19.7. The van der Waals surface area contributed by atoms with Crippen LogP contribution in [-0.2, 0) is 23.7 Å². The van der Waals surface area contributed by atoms with E-state index in [1.165, 1.54) is 109 Å². The summed E-state index contributed by atoms with van der Waals surface area (Å²) in [5.74, 6) is -0.257. The number of allylic oxidation sites excluding steroid dienone is 7. The molecule has 12 atom stereocenters. The second-order valence-corrected chi connectivity index (χ2v) is 19.7. The van der Waals surface area contributed by atoms with Crippen LogP contribution in [0, 0.1) is 0 Å². The molecular weight excluding hydrogens is 895 g/mol. The van der Waals surface area contributed by atoms with Crippen LogP contribution < -0.4 is 5.32 Å². The van der Waals surface area contributed by atoms with E-state index in [1.54, 1.807) is 6.08 Å². The Balaban J connectivity index is 1.81. The molecule has 2 heterocycles. The fraction of sp³-hybridized carbons (Fsp3) is 0.839. The lowest BCUT2D eigenvalue weighted by molar-refractivity contribution is -0.359. The van der Waals surface area contributed by atoms with E-state index < -0.39 is 86.8 Å². The first kappa shape index (κ1) is 64.1. The maximum absolute atomic E-state index is 13.2. The van der Waals surface area contributed by atoms with Crippen molar-refractivity contribution in [3.05, 3.63) is 48.6 Å². The SMILES string of the molecule is CC/C=C\C/C=C\C/C=C\CCCCCCCC(=O)NC(COC1OC(CO)C(OC2OC(CO)C(O)C(O)C2O)C(O)C1O)C(O)/C=C/CCCCCCCCCCCCCCCCCCCCC. The second kappa shape index (κ2) is 42.3. The van der Waals surface area contributed by atoms with Crippen LogP contribution in [0.2, 0.25) is 0 Å². The number of rotatable bonds is 43. The van der Waals surface area contributed by atoms with E-state index in [1.807, 2.05) is 6.08 Å². The van der Waals surface area contributed by atoms with Crippen molar-refractivity contribution in [1.29, 1.82) is 0 Å². The average molecular weight is 996 g/mol. The summed E-state index contributed by atoms with van der Waals surface area (Å²) in [5.41, 5.74) is 0. The summed E-state index contributed by atoms with van der Waals surface area (Å²) in [7, 11) is 0. The fourth-order valence-corrected chi connectivity index (χ4v) is 9.01. The van der Waals surface area contributed by atoms with Crippen molar-refractivity contribution in [3.8, 4) is 0 Å². The fourth-order valence-electron chi connectivity index (χ4n) is 9.01. The zero-order valence-electron chi connectivity index (χ0n) is 43.5. The molecule has 0 bridgehead atoms. The van der Waals surface area contributed by atoms with Crippen LogP contribution in [0.3, 0.4) is 0 Å². The number of unbranched alkanes of at least 4 members (excludes halogenated alkanes) is 24. The highest BCUT2D eigenvalue weighted by atomic mass is 16.7. The Morgan fingerprint density at radius 2 is 0.986 bits per heavy atom. The third-order valence-corrected chi connectivity index (χ3v) is 13.5. The van der Waals surface area contributed by atoms with Crippen molar-refractivity contribution in [2.75, 3.05) is 19.8 Å². The molecule has 0 aromatic heterocycles. The number of aliphatic hydroxyl groups excluding tert-OH is 8. The summed E-state index contributed by atoms with van der Waals surface area (Å²) in [6.45, 7) is 2.67. The zero-order chi connectivity index (χ0) is 51.0. The van der Waals surface area contributed by atoms with Gasteiger partial charge in [0.05, 0.1) is 32.0 Å². The van der Waals surface area contributed by atoms with Crippen molar-refractivity contribution in [3.63, 3.8) is 0 Å². The van der Waals surface area contributed by atoms with E-state index in [0.29, 0.717) is 6.42 Å². The highest BCUT2D eigenvalue weighted by Gasteiger charge is 2.51. The maximum atomic E-state index is 13.2. The van der Waals surface area contributed by atoms with E-state index in [0.717, 1.165) is 70.6 Å². The summed E-state index contributed by atoms with van der Waals surface area (Å²) in [6, 6.07) is -0.924. The highest BCUT2D eigenvalue weighted by Crippen LogP contribution is 2.30. The first-order valence-corrected chi connectivity index (χ1v) is 27.9. The van der Waals surface area contributed by atoms with Crippen molar-refractivity contribution < 1.29 is 64.6 Å². The van der Waals surface area contributed by atoms with Gasteiger partial charge in [-0.2, -0.15) is 0 Å². The van der Waals surface area contributed by atoms with Crippen LogP contribution in [0.15, 0.2) is 48.6 Å². The molecule has 9 N–H and O–H groups in total. The lowest BCUT2D eigenvalue weighted by atomic mass is 9.97. The summed E-state index contributed by atoms with van der Waals surface area (Å²) >= 11 is 0. The van der Waals surface area contributed by atoms with Gasteiger partial charge in [0.1, 0.15) is 48.8 Å². The molecule has 2 fully saturated rings. The topological polar surface area (TPSA) is 228 Å². The van der Waals surface area contributed by atoms with Crippen LogP contribution in [0.4, 0.5) is 0 Å². The summed E-state index contributed by atoms with van der Waals surface area (Å²) in [4.78, 5) is 13.2. The number of nitrogens with one attached hydrogen (secondary N) is 1. The monoisotopic (exact) mass is 996 g/mol. The molecule has 14 nitrogen and oxygen atoms in total. The van der Waals surface area contributed by atoms with Crippen LogP contribution >= 0.6 is 0 Å². The standard InChI is InChI=1S/C56H101NO13/c1-3-5-7-9-11-13-15-17-19-20-21-22-23-24-26-27-29-31-33-35-37-39-45(60)44(57-48(61)40-38-36-34-32-30-28-25-18-16-14-12-10-8-6-4-2)43-67-55-53(66)51(64)54(47(42-59)69-55)70-56-52(65)50(63)49(62)46(41-58)68-56/h6,8,12,14,18,25,37,39,44-47,49-56,58-60,62-66H,3-5,7,9-11,13,15-17,19-24,26-36,38,40-43H2,1-2H3,(H,57,61)/b8-6-,14-12-,25-18-,39-37+. The number of aliphatic hydroxyl groups is 8.